The van der Waals surface area contributed by atoms with Crippen molar-refractivity contribution >= 4 is 11.9 Å². The molecule has 21 heavy (non-hydrogen) atoms. The first-order chi connectivity index (χ1) is 10.3. The van der Waals surface area contributed by atoms with Crippen LogP contribution in [-0.2, 0) is 6.54 Å². The highest BCUT2D eigenvalue weighted by Gasteiger charge is 2.06. The molecule has 2 rings (SSSR count). The Morgan fingerprint density at radius 3 is 2.71 bits per heavy atom. The number of aromatic nitrogens is 3. The van der Waals surface area contributed by atoms with Gasteiger partial charge in [0, 0.05) is 37.9 Å². The number of nitrogens with zero attached hydrogens (tertiary/aromatic N) is 3. The predicted molar refractivity (Wildman–Crippen MR) is 80.8 cm³/mol. The molecular weight excluding hydrogens is 266 g/mol. The Bertz CT molecular complexity index is 556. The minimum atomic E-state index is -0.137. The summed E-state index contributed by atoms with van der Waals surface area (Å²) in [5.41, 5.74) is 1.51. The molecule has 0 saturated heterocycles. The molecule has 0 aliphatic carbocycles. The van der Waals surface area contributed by atoms with E-state index in [1.54, 1.807) is 12.4 Å². The van der Waals surface area contributed by atoms with Crippen LogP contribution in [0.15, 0.2) is 36.9 Å². The van der Waals surface area contributed by atoms with E-state index in [-0.39, 0.29) is 5.91 Å². The van der Waals surface area contributed by atoms with Crippen LogP contribution in [0.3, 0.4) is 0 Å². The molecule has 0 unspecified atom stereocenters. The Kier molecular flexibility index (Phi) is 5.63. The average molecular weight is 285 g/mol. The quantitative estimate of drug-likeness (QED) is 0.761. The summed E-state index contributed by atoms with van der Waals surface area (Å²) in [5, 5.41) is 5.92. The van der Waals surface area contributed by atoms with Crippen LogP contribution in [0.5, 0.6) is 0 Å². The van der Waals surface area contributed by atoms with Crippen LogP contribution in [0, 0.1) is 0 Å². The molecule has 2 aromatic heterocycles. The Hall–Kier alpha value is -2.50. The van der Waals surface area contributed by atoms with E-state index in [1.807, 2.05) is 12.1 Å². The lowest BCUT2D eigenvalue weighted by Gasteiger charge is -2.06. The molecule has 0 aliphatic heterocycles. The summed E-state index contributed by atoms with van der Waals surface area (Å²) in [7, 11) is 0. The van der Waals surface area contributed by atoms with Crippen molar-refractivity contribution in [1.82, 2.24) is 20.3 Å². The van der Waals surface area contributed by atoms with E-state index in [4.69, 9.17) is 0 Å². The van der Waals surface area contributed by atoms with Gasteiger partial charge in [-0.25, -0.2) is 9.97 Å². The van der Waals surface area contributed by atoms with Crippen LogP contribution in [0.1, 0.15) is 35.7 Å². The molecule has 2 N–H and O–H groups in total. The van der Waals surface area contributed by atoms with Crippen LogP contribution >= 0.6 is 0 Å². The lowest BCUT2D eigenvalue weighted by Crippen LogP contribution is -2.24. The maximum Gasteiger partial charge on any atom is 0.254 e. The van der Waals surface area contributed by atoms with Crippen molar-refractivity contribution < 1.29 is 4.79 Å². The molecule has 110 valence electrons. The first-order valence-corrected chi connectivity index (χ1v) is 7.02. The van der Waals surface area contributed by atoms with Gasteiger partial charge >= 0.3 is 0 Å². The van der Waals surface area contributed by atoms with Gasteiger partial charge in [-0.3, -0.25) is 9.78 Å². The van der Waals surface area contributed by atoms with Crippen molar-refractivity contribution in [3.63, 3.8) is 0 Å². The molecule has 0 aliphatic rings. The number of anilines is 1. The minimum Gasteiger partial charge on any atom is -0.352 e. The van der Waals surface area contributed by atoms with E-state index in [9.17, 15) is 4.79 Å². The third-order valence-electron chi connectivity index (χ3n) is 2.90. The van der Waals surface area contributed by atoms with E-state index in [0.29, 0.717) is 24.6 Å². The summed E-state index contributed by atoms with van der Waals surface area (Å²) < 4.78 is 0. The van der Waals surface area contributed by atoms with Crippen molar-refractivity contribution in [2.75, 3.05) is 11.9 Å². The highest BCUT2D eigenvalue weighted by molar-refractivity contribution is 5.93. The number of hydrogen-bond acceptors (Lipinski definition) is 5. The topological polar surface area (TPSA) is 79.8 Å². The Morgan fingerprint density at radius 2 is 2.05 bits per heavy atom. The third kappa shape index (κ3) is 4.83. The second-order valence-corrected chi connectivity index (χ2v) is 4.62. The molecule has 0 atom stereocenters. The number of pyridine rings is 1. The average Bonchev–Trinajstić information content (AvgIpc) is 2.54. The van der Waals surface area contributed by atoms with Crippen LogP contribution in [0.2, 0.25) is 0 Å². The number of nitrogens with one attached hydrogen (secondary N) is 2. The molecular formula is C15H19N5O. The summed E-state index contributed by atoms with van der Waals surface area (Å²) in [5.74, 6) is 0.353. The summed E-state index contributed by atoms with van der Waals surface area (Å²) in [6.07, 6.45) is 8.58. The monoisotopic (exact) mass is 285 g/mol. The van der Waals surface area contributed by atoms with Gasteiger partial charge in [0.2, 0.25) is 5.95 Å². The molecule has 0 saturated carbocycles. The zero-order valence-corrected chi connectivity index (χ0v) is 12.0. The van der Waals surface area contributed by atoms with Crippen molar-refractivity contribution in [2.45, 2.75) is 26.3 Å². The van der Waals surface area contributed by atoms with Gasteiger partial charge in [0.1, 0.15) is 0 Å². The van der Waals surface area contributed by atoms with Crippen LogP contribution in [0.25, 0.3) is 0 Å². The number of amides is 1. The van der Waals surface area contributed by atoms with Gasteiger partial charge in [0.25, 0.3) is 5.91 Å². The maximum atomic E-state index is 11.8. The van der Waals surface area contributed by atoms with Crippen molar-refractivity contribution in [2.24, 2.45) is 0 Å². The van der Waals surface area contributed by atoms with Crippen LogP contribution in [0.4, 0.5) is 5.95 Å². The summed E-state index contributed by atoms with van der Waals surface area (Å²) in [6, 6.07) is 3.84. The van der Waals surface area contributed by atoms with E-state index < -0.39 is 0 Å². The number of unbranched alkanes of at least 4 members (excludes halogenated alkanes) is 1. The molecule has 0 bridgehead atoms. The number of carbonyl (C=O) groups excluding carboxylic acids is 1. The number of rotatable bonds is 7. The maximum absolute atomic E-state index is 11.8. The molecule has 0 radical (unpaired) electrons. The van der Waals surface area contributed by atoms with Gasteiger partial charge in [-0.2, -0.15) is 0 Å². The minimum absolute atomic E-state index is 0.137. The second kappa shape index (κ2) is 7.94. The zero-order chi connectivity index (χ0) is 14.9. The summed E-state index contributed by atoms with van der Waals surface area (Å²) in [4.78, 5) is 24.1. The highest BCUT2D eigenvalue weighted by atomic mass is 16.1. The van der Waals surface area contributed by atoms with Gasteiger partial charge in [0.05, 0.1) is 5.56 Å². The summed E-state index contributed by atoms with van der Waals surface area (Å²) >= 11 is 0. The second-order valence-electron chi connectivity index (χ2n) is 4.62. The fraction of sp³-hybridized carbons (Fsp3) is 0.333. The highest BCUT2D eigenvalue weighted by Crippen LogP contribution is 2.03. The molecule has 2 aromatic rings. The van der Waals surface area contributed by atoms with Gasteiger partial charge in [-0.15, -0.1) is 0 Å². The number of hydrogen-bond donors (Lipinski definition) is 2. The summed E-state index contributed by atoms with van der Waals surface area (Å²) in [6.45, 7) is 3.35. The van der Waals surface area contributed by atoms with Gasteiger partial charge in [-0.05, 0) is 18.1 Å². The van der Waals surface area contributed by atoms with Crippen molar-refractivity contribution in [3.8, 4) is 0 Å². The Labute approximate surface area is 124 Å². The first kappa shape index (κ1) is 14.9. The lowest BCUT2D eigenvalue weighted by molar-refractivity contribution is 0.0952. The normalized spacial score (nSPS) is 10.1. The molecule has 2 heterocycles. The third-order valence-corrected chi connectivity index (χ3v) is 2.90. The zero-order valence-electron chi connectivity index (χ0n) is 12.0. The molecule has 0 aromatic carbocycles. The predicted octanol–water partition coefficient (Wildman–Crippen LogP) is 2.01. The fourth-order valence-electron chi connectivity index (χ4n) is 1.70. The smallest absolute Gasteiger partial charge is 0.254 e. The standard InChI is InChI=1S/C15H19N5O/c1-2-3-7-17-14(21)13-10-19-15(20-11-13)18-9-12-5-4-6-16-8-12/h4-6,8,10-11H,2-3,7,9H2,1H3,(H,17,21)(H,18,19,20). The van der Waals surface area contributed by atoms with E-state index >= 15 is 0 Å². The van der Waals surface area contributed by atoms with Crippen molar-refractivity contribution in [3.05, 3.63) is 48.0 Å². The molecule has 1 amide bonds. The van der Waals surface area contributed by atoms with Gasteiger partial charge in [0.15, 0.2) is 0 Å². The Morgan fingerprint density at radius 1 is 1.24 bits per heavy atom. The van der Waals surface area contributed by atoms with Crippen molar-refractivity contribution in [1.29, 1.82) is 0 Å². The van der Waals surface area contributed by atoms with E-state index in [2.05, 4.69) is 32.5 Å². The Balaban J connectivity index is 1.85. The lowest BCUT2D eigenvalue weighted by atomic mass is 10.3. The van der Waals surface area contributed by atoms with Crippen LogP contribution < -0.4 is 10.6 Å². The van der Waals surface area contributed by atoms with Gasteiger partial charge < -0.3 is 10.6 Å². The molecule has 0 fully saturated rings. The largest absolute Gasteiger partial charge is 0.352 e. The number of carbonyl (C=O) groups is 1. The molecule has 6 heteroatoms. The fourth-order valence-corrected chi connectivity index (χ4v) is 1.70. The van der Waals surface area contributed by atoms with Crippen LogP contribution in [-0.4, -0.2) is 27.4 Å². The first-order valence-electron chi connectivity index (χ1n) is 7.02. The van der Waals surface area contributed by atoms with E-state index in [0.717, 1.165) is 18.4 Å². The van der Waals surface area contributed by atoms with E-state index in [1.165, 1.54) is 12.4 Å². The molecule has 0 spiro atoms. The van der Waals surface area contributed by atoms with Gasteiger partial charge in [-0.1, -0.05) is 19.4 Å². The SMILES string of the molecule is CCCCNC(=O)c1cnc(NCc2cccnc2)nc1. The molecule has 6 nitrogen and oxygen atoms in total.